The maximum Gasteiger partial charge on any atom is 0.164 e. The van der Waals surface area contributed by atoms with Crippen LogP contribution in [0, 0.1) is 0 Å². The van der Waals surface area contributed by atoms with E-state index in [1.165, 1.54) is 0 Å². The molecule has 0 spiro atoms. The van der Waals surface area contributed by atoms with E-state index in [2.05, 4.69) is 48.3 Å². The van der Waals surface area contributed by atoms with Gasteiger partial charge in [0.25, 0.3) is 0 Å². The van der Waals surface area contributed by atoms with Crippen molar-refractivity contribution in [1.29, 1.82) is 0 Å². The van der Waals surface area contributed by atoms with Crippen LogP contribution in [0.2, 0.25) is 0 Å². The fourth-order valence-corrected chi connectivity index (χ4v) is 1.36. The van der Waals surface area contributed by atoms with Gasteiger partial charge in [0.1, 0.15) is 0 Å². The number of hydrogen-bond donors (Lipinski definition) is 2. The Kier molecular flexibility index (Phi) is 11.7. The Morgan fingerprint density at radius 2 is 1.06 bits per heavy atom. The van der Waals surface area contributed by atoms with Crippen LogP contribution >= 0.6 is 0 Å². The second-order valence-corrected chi connectivity index (χ2v) is 4.31. The third-order valence-corrected chi connectivity index (χ3v) is 2.30. The van der Waals surface area contributed by atoms with Crippen LogP contribution in [0.5, 0.6) is 0 Å². The van der Waals surface area contributed by atoms with Crippen LogP contribution in [0.4, 0.5) is 0 Å². The summed E-state index contributed by atoms with van der Waals surface area (Å²) in [6.07, 6.45) is 4.32. The van der Waals surface area contributed by atoms with E-state index < -0.39 is 0 Å². The van der Waals surface area contributed by atoms with Crippen LogP contribution in [0.15, 0.2) is 9.98 Å². The van der Waals surface area contributed by atoms with E-state index in [0.717, 1.165) is 63.5 Å². The van der Waals surface area contributed by atoms with Crippen LogP contribution in [-0.2, 0) is 0 Å². The molecular weight excluding hydrogens is 224 g/mol. The van der Waals surface area contributed by atoms with Crippen LogP contribution < -0.4 is 10.6 Å². The van der Waals surface area contributed by atoms with Crippen molar-refractivity contribution in [3.05, 3.63) is 0 Å². The normalized spacial score (nSPS) is 12.7. The summed E-state index contributed by atoms with van der Waals surface area (Å²) < 4.78 is 0. The number of aliphatic imine (C=N–C) groups is 2. The van der Waals surface area contributed by atoms with Gasteiger partial charge in [0.2, 0.25) is 0 Å². The summed E-state index contributed by atoms with van der Waals surface area (Å²) in [5, 5.41) is 6.76. The van der Waals surface area contributed by atoms with E-state index in [9.17, 15) is 0 Å². The van der Waals surface area contributed by atoms with Crippen molar-refractivity contribution in [2.45, 2.75) is 53.4 Å². The van der Waals surface area contributed by atoms with Crippen molar-refractivity contribution in [3.8, 4) is 0 Å². The van der Waals surface area contributed by atoms with Gasteiger partial charge in [0, 0.05) is 26.2 Å². The summed E-state index contributed by atoms with van der Waals surface area (Å²) in [7, 11) is 0. The predicted molar refractivity (Wildman–Crippen MR) is 81.8 cm³/mol. The Bertz CT molecular complexity index is 220. The van der Waals surface area contributed by atoms with E-state index in [1.807, 2.05) is 0 Å². The monoisotopic (exact) mass is 254 g/mol. The van der Waals surface area contributed by atoms with Crippen LogP contribution in [0.1, 0.15) is 53.4 Å². The molecule has 0 aliphatic heterocycles. The van der Waals surface area contributed by atoms with Crippen molar-refractivity contribution in [1.82, 2.24) is 10.6 Å². The molecular formula is C14H30N4. The fourth-order valence-electron chi connectivity index (χ4n) is 1.36. The average molecular weight is 254 g/mol. The molecule has 0 saturated carbocycles. The van der Waals surface area contributed by atoms with Gasteiger partial charge in [-0.25, -0.2) is 0 Å². The molecule has 0 radical (unpaired) electrons. The molecule has 2 N–H and O–H groups in total. The van der Waals surface area contributed by atoms with Crippen LogP contribution in [0.25, 0.3) is 0 Å². The number of nitrogens with zero attached hydrogens (tertiary/aromatic N) is 2. The molecule has 0 aromatic rings. The number of hydrogen-bond acceptors (Lipinski definition) is 2. The molecule has 0 amide bonds. The van der Waals surface area contributed by atoms with Gasteiger partial charge in [0.05, 0.1) is 0 Å². The topological polar surface area (TPSA) is 48.8 Å². The largest absolute Gasteiger partial charge is 0.367 e. The molecule has 0 fully saturated rings. The smallest absolute Gasteiger partial charge is 0.164 e. The summed E-state index contributed by atoms with van der Waals surface area (Å²) in [4.78, 5) is 9.20. The van der Waals surface area contributed by atoms with Crippen molar-refractivity contribution in [2.75, 3.05) is 26.2 Å². The Morgan fingerprint density at radius 1 is 0.667 bits per heavy atom. The van der Waals surface area contributed by atoms with Gasteiger partial charge in [-0.3, -0.25) is 9.98 Å². The van der Waals surface area contributed by atoms with Crippen LogP contribution in [0.3, 0.4) is 0 Å². The van der Waals surface area contributed by atoms with Gasteiger partial charge in [0.15, 0.2) is 11.7 Å². The molecule has 4 nitrogen and oxygen atoms in total. The number of rotatable bonds is 8. The molecule has 0 aliphatic carbocycles. The molecule has 0 unspecified atom stereocenters. The first kappa shape index (κ1) is 16.9. The molecule has 0 atom stereocenters. The van der Waals surface area contributed by atoms with E-state index in [4.69, 9.17) is 0 Å². The van der Waals surface area contributed by atoms with Gasteiger partial charge < -0.3 is 10.6 Å². The third kappa shape index (κ3) is 8.09. The van der Waals surface area contributed by atoms with Crippen molar-refractivity contribution >= 4 is 11.7 Å². The lowest BCUT2D eigenvalue weighted by atomic mass is 10.4. The Labute approximate surface area is 112 Å². The fraction of sp³-hybridized carbons (Fsp3) is 0.857. The minimum Gasteiger partial charge on any atom is -0.367 e. The standard InChI is InChI=1S/C14H30N4/c1-5-9-15-13(16-10-6-2)14(17-11-7-3)18-12-8-4/h5-12H2,1-4H3,(H,15,16)(H,17,18). The SMILES string of the molecule is CCCN=C(NCCC)C(=NCCC)NCCC. The molecule has 4 heteroatoms. The molecule has 0 saturated heterocycles. The Hall–Kier alpha value is -1.06. The van der Waals surface area contributed by atoms with Gasteiger partial charge >= 0.3 is 0 Å². The van der Waals surface area contributed by atoms with Crippen molar-refractivity contribution < 1.29 is 0 Å². The zero-order valence-electron chi connectivity index (χ0n) is 12.6. The molecule has 0 aromatic heterocycles. The lowest BCUT2D eigenvalue weighted by Crippen LogP contribution is -2.41. The second kappa shape index (κ2) is 12.4. The zero-order chi connectivity index (χ0) is 13.6. The highest BCUT2D eigenvalue weighted by atomic mass is 15.1. The molecule has 0 heterocycles. The van der Waals surface area contributed by atoms with Crippen LogP contribution in [-0.4, -0.2) is 37.9 Å². The van der Waals surface area contributed by atoms with Crippen molar-refractivity contribution in [3.63, 3.8) is 0 Å². The predicted octanol–water partition coefficient (Wildman–Crippen LogP) is 2.60. The average Bonchev–Trinajstić information content (AvgIpc) is 2.40. The highest BCUT2D eigenvalue weighted by Crippen LogP contribution is 1.89. The maximum absolute atomic E-state index is 4.60. The lowest BCUT2D eigenvalue weighted by Gasteiger charge is -2.14. The summed E-state index contributed by atoms with van der Waals surface area (Å²) in [6, 6.07) is 0. The Balaban J connectivity index is 4.70. The number of amidine groups is 2. The first-order valence-corrected chi connectivity index (χ1v) is 7.37. The molecule has 0 aromatic carbocycles. The minimum absolute atomic E-state index is 0.852. The first-order valence-electron chi connectivity index (χ1n) is 7.37. The third-order valence-electron chi connectivity index (χ3n) is 2.30. The summed E-state index contributed by atoms with van der Waals surface area (Å²) in [6.45, 7) is 12.2. The summed E-state index contributed by atoms with van der Waals surface area (Å²) >= 11 is 0. The maximum atomic E-state index is 4.60. The minimum atomic E-state index is 0.852. The van der Waals surface area contributed by atoms with E-state index in [1.54, 1.807) is 0 Å². The van der Waals surface area contributed by atoms with Gasteiger partial charge in [-0.1, -0.05) is 27.7 Å². The highest BCUT2D eigenvalue weighted by molar-refractivity contribution is 6.40. The molecule has 0 aliphatic rings. The molecule has 0 rings (SSSR count). The zero-order valence-corrected chi connectivity index (χ0v) is 12.6. The molecule has 0 bridgehead atoms. The Morgan fingerprint density at radius 3 is 1.33 bits per heavy atom. The first-order chi connectivity index (χ1) is 8.79. The quantitative estimate of drug-likeness (QED) is 0.517. The lowest BCUT2D eigenvalue weighted by molar-refractivity contribution is 0.807. The van der Waals surface area contributed by atoms with E-state index in [0.29, 0.717) is 0 Å². The van der Waals surface area contributed by atoms with E-state index in [-0.39, 0.29) is 0 Å². The van der Waals surface area contributed by atoms with E-state index >= 15 is 0 Å². The van der Waals surface area contributed by atoms with Crippen molar-refractivity contribution in [2.24, 2.45) is 9.98 Å². The van der Waals surface area contributed by atoms with Gasteiger partial charge in [-0.05, 0) is 25.7 Å². The second-order valence-electron chi connectivity index (χ2n) is 4.31. The summed E-state index contributed by atoms with van der Waals surface area (Å²) in [5.41, 5.74) is 0. The highest BCUT2D eigenvalue weighted by Gasteiger charge is 2.06. The van der Waals surface area contributed by atoms with Gasteiger partial charge in [-0.2, -0.15) is 0 Å². The summed E-state index contributed by atoms with van der Waals surface area (Å²) in [5.74, 6) is 1.86. The molecule has 106 valence electrons. The van der Waals surface area contributed by atoms with Gasteiger partial charge in [-0.15, -0.1) is 0 Å². The molecule has 18 heavy (non-hydrogen) atoms. The number of nitrogens with one attached hydrogen (secondary N) is 2.